The third kappa shape index (κ3) is 3.91. The number of rotatable bonds is 6. The first-order chi connectivity index (χ1) is 13.5. The van der Waals surface area contributed by atoms with Crippen molar-refractivity contribution >= 4 is 23.4 Å². The first kappa shape index (κ1) is 18.6. The number of amides is 1. The van der Waals surface area contributed by atoms with Gasteiger partial charge in [0.25, 0.3) is 0 Å². The Kier molecular flexibility index (Phi) is 5.13. The third-order valence-electron chi connectivity index (χ3n) is 4.45. The van der Waals surface area contributed by atoms with Gasteiger partial charge in [0.15, 0.2) is 11.0 Å². The quantitative estimate of drug-likeness (QED) is 0.611. The molecule has 1 heterocycles. The molecule has 0 unspecified atom stereocenters. The van der Waals surface area contributed by atoms with Crippen LogP contribution in [-0.2, 0) is 4.79 Å². The highest BCUT2D eigenvalue weighted by atomic mass is 32.2. The fourth-order valence-corrected chi connectivity index (χ4v) is 3.75. The largest absolute Gasteiger partial charge is 0.325 e. The van der Waals surface area contributed by atoms with E-state index in [9.17, 15) is 13.6 Å². The number of nitrogens with one attached hydrogen (secondary N) is 1. The van der Waals surface area contributed by atoms with Crippen LogP contribution >= 0.6 is 11.8 Å². The predicted octanol–water partition coefficient (Wildman–Crippen LogP) is 4.68. The van der Waals surface area contributed by atoms with Crippen LogP contribution < -0.4 is 5.32 Å². The van der Waals surface area contributed by atoms with Gasteiger partial charge in [-0.3, -0.25) is 9.36 Å². The summed E-state index contributed by atoms with van der Waals surface area (Å²) in [6.07, 6.45) is 1.95. The van der Waals surface area contributed by atoms with Crippen molar-refractivity contribution in [1.29, 1.82) is 0 Å². The van der Waals surface area contributed by atoms with Crippen LogP contribution in [0, 0.1) is 11.6 Å². The van der Waals surface area contributed by atoms with Crippen LogP contribution in [0.1, 0.15) is 25.8 Å². The maximum absolute atomic E-state index is 14.2. The van der Waals surface area contributed by atoms with Gasteiger partial charge in [-0.2, -0.15) is 0 Å². The number of carbonyl (C=O) groups is 1. The zero-order chi connectivity index (χ0) is 19.7. The van der Waals surface area contributed by atoms with Gasteiger partial charge in [0.1, 0.15) is 11.6 Å². The van der Waals surface area contributed by atoms with Crippen molar-refractivity contribution in [3.63, 3.8) is 0 Å². The highest BCUT2D eigenvalue weighted by molar-refractivity contribution is 8.00. The summed E-state index contributed by atoms with van der Waals surface area (Å²) in [6, 6.07) is 12.3. The topological polar surface area (TPSA) is 59.8 Å². The zero-order valence-corrected chi connectivity index (χ0v) is 15.9. The molecule has 1 aliphatic rings. The maximum Gasteiger partial charge on any atom is 0.237 e. The van der Waals surface area contributed by atoms with Gasteiger partial charge in [0.2, 0.25) is 5.91 Å². The number of anilines is 1. The summed E-state index contributed by atoms with van der Waals surface area (Å²) in [5, 5.41) is 11.3. The molecule has 1 aromatic heterocycles. The van der Waals surface area contributed by atoms with E-state index in [0.29, 0.717) is 22.2 Å². The molecular weight excluding hydrogens is 382 g/mol. The van der Waals surface area contributed by atoms with Crippen LogP contribution in [0.25, 0.3) is 11.4 Å². The minimum Gasteiger partial charge on any atom is -0.325 e. The molecule has 3 aromatic rings. The Morgan fingerprint density at radius 3 is 2.54 bits per heavy atom. The van der Waals surface area contributed by atoms with E-state index in [2.05, 4.69) is 15.5 Å². The molecule has 8 heteroatoms. The predicted molar refractivity (Wildman–Crippen MR) is 104 cm³/mol. The SMILES string of the molecule is C[C@@H](Sc1nnc(-c2ccccc2F)n1C1CC1)C(=O)Nc1ccc(F)cc1. The zero-order valence-electron chi connectivity index (χ0n) is 15.1. The molecule has 1 atom stereocenters. The highest BCUT2D eigenvalue weighted by Gasteiger charge is 2.32. The van der Waals surface area contributed by atoms with Crippen LogP contribution in [-0.4, -0.2) is 25.9 Å². The summed E-state index contributed by atoms with van der Waals surface area (Å²) < 4.78 is 29.2. The van der Waals surface area contributed by atoms with E-state index in [0.717, 1.165) is 12.8 Å². The molecule has 28 heavy (non-hydrogen) atoms. The number of aromatic nitrogens is 3. The average Bonchev–Trinajstić information content (AvgIpc) is 3.44. The number of hydrogen-bond donors (Lipinski definition) is 1. The summed E-state index contributed by atoms with van der Waals surface area (Å²) >= 11 is 1.27. The molecule has 0 bridgehead atoms. The molecule has 0 spiro atoms. The molecule has 5 nitrogen and oxygen atoms in total. The van der Waals surface area contributed by atoms with E-state index in [1.54, 1.807) is 25.1 Å². The Morgan fingerprint density at radius 1 is 1.14 bits per heavy atom. The molecule has 1 N–H and O–H groups in total. The van der Waals surface area contributed by atoms with E-state index in [1.807, 2.05) is 4.57 Å². The standard InChI is InChI=1S/C20H18F2N4OS/c1-12(19(27)23-14-8-6-13(21)7-9-14)28-20-25-24-18(26(20)15-10-11-15)16-4-2-3-5-17(16)22/h2-9,12,15H,10-11H2,1H3,(H,23,27)/t12-/m1/s1. The molecule has 1 aliphatic carbocycles. The fraction of sp³-hybridized carbons (Fsp3) is 0.250. The number of thioether (sulfide) groups is 1. The summed E-state index contributed by atoms with van der Waals surface area (Å²) in [5.74, 6) is -0.460. The maximum atomic E-state index is 14.2. The molecule has 1 saturated carbocycles. The lowest BCUT2D eigenvalue weighted by Crippen LogP contribution is -2.23. The van der Waals surface area contributed by atoms with Gasteiger partial charge in [-0.25, -0.2) is 8.78 Å². The fourth-order valence-electron chi connectivity index (χ4n) is 2.83. The number of hydrogen-bond acceptors (Lipinski definition) is 4. The third-order valence-corrected chi connectivity index (χ3v) is 5.51. The van der Waals surface area contributed by atoms with Crippen LogP contribution in [0.15, 0.2) is 53.7 Å². The smallest absolute Gasteiger partial charge is 0.237 e. The van der Waals surface area contributed by atoms with E-state index in [4.69, 9.17) is 0 Å². The highest BCUT2D eigenvalue weighted by Crippen LogP contribution is 2.42. The summed E-state index contributed by atoms with van der Waals surface area (Å²) in [6.45, 7) is 1.76. The minimum atomic E-state index is -0.458. The summed E-state index contributed by atoms with van der Waals surface area (Å²) in [7, 11) is 0. The first-order valence-electron chi connectivity index (χ1n) is 8.96. The Hall–Kier alpha value is -2.74. The number of benzene rings is 2. The normalized spacial score (nSPS) is 14.7. The van der Waals surface area contributed by atoms with Crippen LogP contribution in [0.3, 0.4) is 0 Å². The van der Waals surface area contributed by atoms with Crippen molar-refractivity contribution < 1.29 is 13.6 Å². The summed E-state index contributed by atoms with van der Waals surface area (Å²) in [4.78, 5) is 12.5. The molecule has 0 radical (unpaired) electrons. The number of carbonyl (C=O) groups excluding carboxylic acids is 1. The molecule has 1 fully saturated rings. The van der Waals surface area contributed by atoms with Crippen molar-refractivity contribution in [1.82, 2.24) is 14.8 Å². The monoisotopic (exact) mass is 400 g/mol. The van der Waals surface area contributed by atoms with Crippen LogP contribution in [0.4, 0.5) is 14.5 Å². The second-order valence-corrected chi connectivity index (χ2v) is 7.95. The van der Waals surface area contributed by atoms with Crippen molar-refractivity contribution in [3.05, 3.63) is 60.2 Å². The van der Waals surface area contributed by atoms with Crippen LogP contribution in [0.2, 0.25) is 0 Å². The molecule has 1 amide bonds. The van der Waals surface area contributed by atoms with Gasteiger partial charge in [-0.05, 0) is 56.2 Å². The second kappa shape index (κ2) is 7.71. The average molecular weight is 400 g/mol. The Bertz CT molecular complexity index is 1000. The van der Waals surface area contributed by atoms with Gasteiger partial charge in [0, 0.05) is 11.7 Å². The lowest BCUT2D eigenvalue weighted by atomic mass is 10.2. The van der Waals surface area contributed by atoms with E-state index in [-0.39, 0.29) is 23.6 Å². The molecular formula is C20H18F2N4OS. The number of halogens is 2. The first-order valence-corrected chi connectivity index (χ1v) is 9.84. The Balaban J connectivity index is 1.54. The van der Waals surface area contributed by atoms with Gasteiger partial charge in [0.05, 0.1) is 10.8 Å². The number of nitrogens with zero attached hydrogens (tertiary/aromatic N) is 3. The molecule has 2 aromatic carbocycles. The van der Waals surface area contributed by atoms with Crippen molar-refractivity contribution in [3.8, 4) is 11.4 Å². The second-order valence-electron chi connectivity index (χ2n) is 6.64. The van der Waals surface area contributed by atoms with Crippen molar-refractivity contribution in [2.45, 2.75) is 36.2 Å². The minimum absolute atomic E-state index is 0.222. The van der Waals surface area contributed by atoms with E-state index in [1.165, 1.54) is 42.1 Å². The van der Waals surface area contributed by atoms with E-state index < -0.39 is 5.25 Å². The van der Waals surface area contributed by atoms with Gasteiger partial charge in [-0.1, -0.05) is 23.9 Å². The van der Waals surface area contributed by atoms with Crippen LogP contribution in [0.5, 0.6) is 0 Å². The van der Waals surface area contributed by atoms with Gasteiger partial charge in [-0.15, -0.1) is 10.2 Å². The van der Waals surface area contributed by atoms with Gasteiger partial charge >= 0.3 is 0 Å². The Morgan fingerprint density at radius 2 is 1.86 bits per heavy atom. The molecule has 4 rings (SSSR count). The Labute approximate surface area is 165 Å². The molecule has 0 saturated heterocycles. The van der Waals surface area contributed by atoms with Gasteiger partial charge < -0.3 is 5.32 Å². The van der Waals surface area contributed by atoms with Crippen molar-refractivity contribution in [2.75, 3.05) is 5.32 Å². The van der Waals surface area contributed by atoms with Crippen molar-refractivity contribution in [2.24, 2.45) is 0 Å². The lowest BCUT2D eigenvalue weighted by Gasteiger charge is -2.13. The lowest BCUT2D eigenvalue weighted by molar-refractivity contribution is -0.115. The van der Waals surface area contributed by atoms with E-state index >= 15 is 0 Å². The molecule has 144 valence electrons. The summed E-state index contributed by atoms with van der Waals surface area (Å²) in [5.41, 5.74) is 0.923. The molecule has 0 aliphatic heterocycles.